The number of aliphatic hydroxyl groups is 2. The van der Waals surface area contributed by atoms with E-state index in [1.54, 1.807) is 0 Å². The van der Waals surface area contributed by atoms with Crippen molar-refractivity contribution in [1.82, 2.24) is 0 Å². The molecule has 8 nitrogen and oxygen atoms in total. The van der Waals surface area contributed by atoms with Crippen molar-refractivity contribution >= 4 is 20.2 Å². The van der Waals surface area contributed by atoms with E-state index in [-0.39, 0.29) is 59.1 Å². The monoisotopic (exact) mass is 324 g/mol. The van der Waals surface area contributed by atoms with Crippen LogP contribution in [0.2, 0.25) is 0 Å². The average molecular weight is 324 g/mol. The molecule has 0 fully saturated rings. The third-order valence-corrected chi connectivity index (χ3v) is 2.67. The van der Waals surface area contributed by atoms with Crippen molar-refractivity contribution in [2.24, 2.45) is 0 Å². The van der Waals surface area contributed by atoms with E-state index in [2.05, 4.69) is 0 Å². The number of hydrogen-bond donors (Lipinski definition) is 2. The normalized spacial score (nSPS) is 14.1. The van der Waals surface area contributed by atoms with E-state index in [1.165, 1.54) is 13.8 Å². The second-order valence-electron chi connectivity index (χ2n) is 3.15. The molecule has 18 heavy (non-hydrogen) atoms. The smallest absolute Gasteiger partial charge is 0.748 e. The van der Waals surface area contributed by atoms with Gasteiger partial charge in [0.1, 0.15) is 0 Å². The maximum Gasteiger partial charge on any atom is 1.00 e. The maximum absolute atomic E-state index is 9.73. The van der Waals surface area contributed by atoms with Crippen LogP contribution in [-0.2, 0) is 20.2 Å². The molecule has 0 aliphatic heterocycles. The minimum atomic E-state index is -4.22. The zero-order valence-corrected chi connectivity index (χ0v) is 16.4. The van der Waals surface area contributed by atoms with Crippen LogP contribution in [0.3, 0.4) is 0 Å². The summed E-state index contributed by atoms with van der Waals surface area (Å²) in [5.41, 5.74) is 0. The van der Waals surface area contributed by atoms with Crippen LogP contribution in [0.25, 0.3) is 0 Å². The standard InChI is InChI=1S/2C3H8O4S.2Na/c2*1-3(4)2-8(5,6)7;;/h2*3-4H,2H2,1H3,(H,5,6,7);;/q;;2*+1/p-2. The van der Waals surface area contributed by atoms with Crippen LogP contribution in [0.1, 0.15) is 13.8 Å². The first-order valence-corrected chi connectivity index (χ1v) is 7.22. The van der Waals surface area contributed by atoms with Crippen LogP contribution in [0, 0.1) is 0 Å². The van der Waals surface area contributed by atoms with E-state index in [9.17, 15) is 25.9 Å². The quantitative estimate of drug-likeness (QED) is 0.381. The fourth-order valence-electron chi connectivity index (χ4n) is 0.591. The summed E-state index contributed by atoms with van der Waals surface area (Å²) in [5.74, 6) is -1.40. The molecule has 0 spiro atoms. The third kappa shape index (κ3) is 36.1. The van der Waals surface area contributed by atoms with Crippen molar-refractivity contribution < 1.29 is 95.3 Å². The summed E-state index contributed by atoms with van der Waals surface area (Å²) in [7, 11) is -8.45. The molecular formula is C6H14Na2O8S2. The van der Waals surface area contributed by atoms with Gasteiger partial charge in [0.15, 0.2) is 0 Å². The minimum Gasteiger partial charge on any atom is -0.748 e. The first kappa shape index (κ1) is 28.0. The van der Waals surface area contributed by atoms with Crippen molar-refractivity contribution in [1.29, 1.82) is 0 Å². The Morgan fingerprint density at radius 1 is 0.833 bits per heavy atom. The molecule has 2 atom stereocenters. The number of rotatable bonds is 4. The van der Waals surface area contributed by atoms with Crippen LogP contribution in [0.5, 0.6) is 0 Å². The minimum absolute atomic E-state index is 0. The van der Waals surface area contributed by atoms with Crippen molar-refractivity contribution in [2.45, 2.75) is 26.1 Å². The van der Waals surface area contributed by atoms with Gasteiger partial charge in [0.25, 0.3) is 0 Å². The molecule has 100 valence electrons. The van der Waals surface area contributed by atoms with Crippen LogP contribution in [-0.4, -0.2) is 59.9 Å². The van der Waals surface area contributed by atoms with Gasteiger partial charge in [-0.05, 0) is 13.8 Å². The Morgan fingerprint density at radius 3 is 1.00 bits per heavy atom. The molecule has 0 aliphatic rings. The van der Waals surface area contributed by atoms with Gasteiger partial charge in [0, 0.05) is 0 Å². The zero-order valence-electron chi connectivity index (χ0n) is 10.7. The molecule has 2 unspecified atom stereocenters. The molecule has 0 heterocycles. The average Bonchev–Trinajstić information content (AvgIpc) is 1.72. The van der Waals surface area contributed by atoms with Gasteiger partial charge in [-0.15, -0.1) is 0 Å². The van der Waals surface area contributed by atoms with Gasteiger partial charge < -0.3 is 19.3 Å². The predicted molar refractivity (Wildman–Crippen MR) is 52.5 cm³/mol. The summed E-state index contributed by atoms with van der Waals surface area (Å²) in [4.78, 5) is 0. The van der Waals surface area contributed by atoms with E-state index >= 15 is 0 Å². The van der Waals surface area contributed by atoms with Gasteiger partial charge in [-0.1, -0.05) is 0 Å². The second kappa shape index (κ2) is 12.5. The van der Waals surface area contributed by atoms with Gasteiger partial charge in [0.2, 0.25) is 0 Å². The first-order valence-electron chi connectivity index (χ1n) is 4.06. The van der Waals surface area contributed by atoms with E-state index in [1.807, 2.05) is 0 Å². The molecule has 12 heteroatoms. The van der Waals surface area contributed by atoms with Crippen molar-refractivity contribution in [3.63, 3.8) is 0 Å². The molecule has 2 N–H and O–H groups in total. The Bertz CT molecular complexity index is 336. The topological polar surface area (TPSA) is 155 Å². The summed E-state index contributed by atoms with van der Waals surface area (Å²) in [6.45, 7) is 2.49. The fraction of sp³-hybridized carbons (Fsp3) is 1.00. The third-order valence-electron chi connectivity index (χ3n) is 0.891. The Morgan fingerprint density at radius 2 is 1.00 bits per heavy atom. The Balaban J connectivity index is -0.0000000980. The molecule has 0 saturated heterocycles. The van der Waals surface area contributed by atoms with Gasteiger partial charge in [-0.25, -0.2) is 16.8 Å². The van der Waals surface area contributed by atoms with E-state index in [0.717, 1.165) is 0 Å². The summed E-state index contributed by atoms with van der Waals surface area (Å²) in [5, 5.41) is 16.6. The van der Waals surface area contributed by atoms with Crippen molar-refractivity contribution in [3.8, 4) is 0 Å². The molecular weight excluding hydrogens is 310 g/mol. The van der Waals surface area contributed by atoms with Crippen molar-refractivity contribution in [2.75, 3.05) is 11.5 Å². The molecule has 0 aromatic rings. The number of aliphatic hydroxyl groups excluding tert-OH is 2. The van der Waals surface area contributed by atoms with Crippen LogP contribution < -0.4 is 59.1 Å². The molecule has 0 saturated carbocycles. The second-order valence-corrected chi connectivity index (χ2v) is 6.04. The first-order chi connectivity index (χ1) is 6.83. The predicted octanol–water partition coefficient (Wildman–Crippen LogP) is -8.17. The Hall–Kier alpha value is 1.74. The molecule has 0 aliphatic carbocycles. The van der Waals surface area contributed by atoms with Gasteiger partial charge in [0.05, 0.1) is 43.9 Å². The van der Waals surface area contributed by atoms with E-state index in [0.29, 0.717) is 0 Å². The molecule has 0 bridgehead atoms. The fourth-order valence-corrected chi connectivity index (χ4v) is 1.77. The molecule has 0 rings (SSSR count). The summed E-state index contributed by atoms with van der Waals surface area (Å²) >= 11 is 0. The van der Waals surface area contributed by atoms with E-state index < -0.39 is 43.9 Å². The molecule has 0 aromatic carbocycles. The van der Waals surface area contributed by atoms with Crippen LogP contribution in [0.15, 0.2) is 0 Å². The Labute approximate surface area is 151 Å². The SMILES string of the molecule is CC(O)CS(=O)(=O)[O-].CC(O)CS(=O)(=O)[O-].[Na+].[Na+]. The van der Waals surface area contributed by atoms with Gasteiger partial charge >= 0.3 is 59.1 Å². The van der Waals surface area contributed by atoms with Gasteiger partial charge in [-0.2, -0.15) is 0 Å². The molecule has 0 amide bonds. The Kier molecular flexibility index (Phi) is 19.4. The maximum atomic E-state index is 9.73. The zero-order chi connectivity index (χ0) is 13.6. The van der Waals surface area contributed by atoms with Crippen LogP contribution >= 0.6 is 0 Å². The van der Waals surface area contributed by atoms with Crippen molar-refractivity contribution in [3.05, 3.63) is 0 Å². The van der Waals surface area contributed by atoms with Crippen LogP contribution in [0.4, 0.5) is 0 Å². The largest absolute Gasteiger partial charge is 1.00 e. The summed E-state index contributed by atoms with van der Waals surface area (Å²) < 4.78 is 58.4. The summed E-state index contributed by atoms with van der Waals surface area (Å²) in [6, 6.07) is 0. The van der Waals surface area contributed by atoms with Gasteiger partial charge in [-0.3, -0.25) is 0 Å². The molecule has 0 aromatic heterocycles. The summed E-state index contributed by atoms with van der Waals surface area (Å²) in [6.07, 6.45) is -2.12. The number of hydrogen-bond acceptors (Lipinski definition) is 8. The van der Waals surface area contributed by atoms with E-state index in [4.69, 9.17) is 10.2 Å². The molecule has 0 radical (unpaired) electrons.